The molecule has 2 N–H and O–H groups in total. The molecule has 2 unspecified atom stereocenters. The molecule has 0 bridgehead atoms. The van der Waals surface area contributed by atoms with E-state index in [-0.39, 0.29) is 12.5 Å². The first-order valence-corrected chi connectivity index (χ1v) is 5.64. The number of carboxylic acids is 1. The van der Waals surface area contributed by atoms with Gasteiger partial charge in [-0.2, -0.15) is 0 Å². The molecule has 1 aromatic rings. The first-order chi connectivity index (χ1) is 7.65. The van der Waals surface area contributed by atoms with Gasteiger partial charge in [-0.25, -0.2) is 0 Å². The zero-order chi connectivity index (χ0) is 11.5. The minimum absolute atomic E-state index is 0.0770. The number of carboxylic acid groups (broad SMARTS) is 1. The summed E-state index contributed by atoms with van der Waals surface area (Å²) < 4.78 is 0. The Balaban J connectivity index is 2.04. The maximum Gasteiger partial charge on any atom is 0.307 e. The van der Waals surface area contributed by atoms with Crippen LogP contribution in [0.2, 0.25) is 0 Å². The molecule has 0 radical (unpaired) electrons. The molecule has 1 aliphatic carbocycles. The number of aliphatic hydroxyl groups excluding tert-OH is 1. The fourth-order valence-corrected chi connectivity index (χ4v) is 2.34. The first kappa shape index (κ1) is 11.1. The van der Waals surface area contributed by atoms with Gasteiger partial charge in [-0.1, -0.05) is 24.3 Å². The molecule has 3 heteroatoms. The smallest absolute Gasteiger partial charge is 0.307 e. The van der Waals surface area contributed by atoms with Crippen molar-refractivity contribution in [2.24, 2.45) is 0 Å². The predicted octanol–water partition coefficient (Wildman–Crippen LogP) is 1.94. The zero-order valence-electron chi connectivity index (χ0n) is 9.10. The van der Waals surface area contributed by atoms with Crippen LogP contribution in [0.5, 0.6) is 0 Å². The largest absolute Gasteiger partial charge is 0.481 e. The van der Waals surface area contributed by atoms with Gasteiger partial charge in [0.25, 0.3) is 0 Å². The van der Waals surface area contributed by atoms with Crippen molar-refractivity contribution in [3.63, 3.8) is 0 Å². The van der Waals surface area contributed by atoms with E-state index in [1.165, 1.54) is 5.56 Å². The van der Waals surface area contributed by atoms with Crippen LogP contribution in [-0.4, -0.2) is 22.3 Å². The predicted molar refractivity (Wildman–Crippen MR) is 60.4 cm³/mol. The van der Waals surface area contributed by atoms with Crippen molar-refractivity contribution in [3.8, 4) is 0 Å². The number of rotatable bonds is 3. The van der Waals surface area contributed by atoms with E-state index in [1.54, 1.807) is 0 Å². The molecule has 2 atom stereocenters. The van der Waals surface area contributed by atoms with Gasteiger partial charge in [0.1, 0.15) is 0 Å². The molecule has 86 valence electrons. The first-order valence-electron chi connectivity index (χ1n) is 5.64. The highest BCUT2D eigenvalue weighted by Gasteiger charge is 2.23. The van der Waals surface area contributed by atoms with E-state index >= 15 is 0 Å². The topological polar surface area (TPSA) is 57.5 Å². The second-order valence-corrected chi connectivity index (χ2v) is 4.48. The Bertz CT molecular complexity index is 369. The van der Waals surface area contributed by atoms with Crippen LogP contribution in [0, 0.1) is 0 Å². The summed E-state index contributed by atoms with van der Waals surface area (Å²) in [6.07, 6.45) is 2.65. The number of hydrogen-bond donors (Lipinski definition) is 2. The zero-order valence-corrected chi connectivity index (χ0v) is 9.10. The van der Waals surface area contributed by atoms with Crippen LogP contribution in [0.25, 0.3) is 0 Å². The van der Waals surface area contributed by atoms with Crippen LogP contribution in [0.15, 0.2) is 24.3 Å². The molecular formula is C13H16O3. The SMILES string of the molecule is O=C(O)Cc1ccc(C2CCC(O)C2)cc1. The lowest BCUT2D eigenvalue weighted by atomic mass is 9.96. The third-order valence-electron chi connectivity index (χ3n) is 3.21. The summed E-state index contributed by atoms with van der Waals surface area (Å²) in [7, 11) is 0. The van der Waals surface area contributed by atoms with Gasteiger partial charge >= 0.3 is 5.97 Å². The van der Waals surface area contributed by atoms with Crippen molar-refractivity contribution in [2.45, 2.75) is 37.7 Å². The van der Waals surface area contributed by atoms with Crippen molar-refractivity contribution in [1.82, 2.24) is 0 Å². The van der Waals surface area contributed by atoms with Gasteiger partial charge in [0.05, 0.1) is 12.5 Å². The molecule has 0 aromatic heterocycles. The molecule has 0 spiro atoms. The van der Waals surface area contributed by atoms with Crippen molar-refractivity contribution >= 4 is 5.97 Å². The van der Waals surface area contributed by atoms with Crippen LogP contribution in [0.3, 0.4) is 0 Å². The minimum atomic E-state index is -0.802. The van der Waals surface area contributed by atoms with Crippen LogP contribution < -0.4 is 0 Å². The highest BCUT2D eigenvalue weighted by atomic mass is 16.4. The number of carbonyl (C=O) groups is 1. The second-order valence-electron chi connectivity index (χ2n) is 4.48. The van der Waals surface area contributed by atoms with Crippen molar-refractivity contribution < 1.29 is 15.0 Å². The minimum Gasteiger partial charge on any atom is -0.481 e. The summed E-state index contributed by atoms with van der Waals surface area (Å²) in [4.78, 5) is 10.5. The molecule has 2 rings (SSSR count). The summed E-state index contributed by atoms with van der Waals surface area (Å²) in [5.74, 6) is -0.363. The second kappa shape index (κ2) is 4.66. The average molecular weight is 220 g/mol. The van der Waals surface area contributed by atoms with E-state index in [0.29, 0.717) is 5.92 Å². The molecule has 1 aliphatic rings. The monoisotopic (exact) mass is 220 g/mol. The van der Waals surface area contributed by atoms with Crippen molar-refractivity contribution in [3.05, 3.63) is 35.4 Å². The van der Waals surface area contributed by atoms with Gasteiger partial charge in [-0.3, -0.25) is 4.79 Å². The van der Waals surface area contributed by atoms with Gasteiger partial charge in [0.2, 0.25) is 0 Å². The maximum atomic E-state index is 10.5. The standard InChI is InChI=1S/C13H16O3/c14-12-6-5-11(8-12)10-3-1-9(2-4-10)7-13(15)16/h1-4,11-12,14H,5-8H2,(H,15,16). The Morgan fingerprint density at radius 1 is 1.25 bits per heavy atom. The summed E-state index contributed by atoms with van der Waals surface area (Å²) in [6, 6.07) is 7.71. The summed E-state index contributed by atoms with van der Waals surface area (Å²) >= 11 is 0. The number of benzene rings is 1. The normalized spacial score (nSPS) is 24.6. The molecule has 0 heterocycles. The lowest BCUT2D eigenvalue weighted by Gasteiger charge is -2.10. The number of hydrogen-bond acceptors (Lipinski definition) is 2. The molecular weight excluding hydrogens is 204 g/mol. The Morgan fingerprint density at radius 3 is 2.44 bits per heavy atom. The van der Waals surface area contributed by atoms with Crippen molar-refractivity contribution in [1.29, 1.82) is 0 Å². The Kier molecular flexibility index (Phi) is 3.25. The highest BCUT2D eigenvalue weighted by Crippen LogP contribution is 2.34. The van der Waals surface area contributed by atoms with E-state index in [9.17, 15) is 9.90 Å². The average Bonchev–Trinajstić information content (AvgIpc) is 2.65. The van der Waals surface area contributed by atoms with Crippen LogP contribution in [-0.2, 0) is 11.2 Å². The maximum absolute atomic E-state index is 10.5. The molecule has 0 saturated heterocycles. The Hall–Kier alpha value is -1.35. The van der Waals surface area contributed by atoms with E-state index in [2.05, 4.69) is 0 Å². The molecule has 3 nitrogen and oxygen atoms in total. The quantitative estimate of drug-likeness (QED) is 0.818. The van der Waals surface area contributed by atoms with Gasteiger partial charge in [-0.05, 0) is 36.3 Å². The van der Waals surface area contributed by atoms with Crippen LogP contribution in [0.4, 0.5) is 0 Å². The van der Waals surface area contributed by atoms with E-state index in [0.717, 1.165) is 24.8 Å². The van der Waals surface area contributed by atoms with E-state index < -0.39 is 5.97 Å². The molecule has 1 fully saturated rings. The Labute approximate surface area is 94.7 Å². The molecule has 1 aromatic carbocycles. The molecule has 16 heavy (non-hydrogen) atoms. The van der Waals surface area contributed by atoms with Gasteiger partial charge < -0.3 is 10.2 Å². The molecule has 0 amide bonds. The third kappa shape index (κ3) is 2.61. The molecule has 1 saturated carbocycles. The number of aliphatic carboxylic acids is 1. The van der Waals surface area contributed by atoms with Crippen LogP contribution in [0.1, 0.15) is 36.3 Å². The van der Waals surface area contributed by atoms with Gasteiger partial charge in [0, 0.05) is 0 Å². The lowest BCUT2D eigenvalue weighted by molar-refractivity contribution is -0.136. The van der Waals surface area contributed by atoms with E-state index in [4.69, 9.17) is 5.11 Å². The molecule has 0 aliphatic heterocycles. The summed E-state index contributed by atoms with van der Waals surface area (Å²) in [6.45, 7) is 0. The third-order valence-corrected chi connectivity index (χ3v) is 3.21. The Morgan fingerprint density at radius 2 is 1.94 bits per heavy atom. The van der Waals surface area contributed by atoms with Crippen LogP contribution >= 0.6 is 0 Å². The number of aliphatic hydroxyl groups is 1. The fourth-order valence-electron chi connectivity index (χ4n) is 2.34. The van der Waals surface area contributed by atoms with E-state index in [1.807, 2.05) is 24.3 Å². The van der Waals surface area contributed by atoms with Crippen molar-refractivity contribution in [2.75, 3.05) is 0 Å². The van der Waals surface area contributed by atoms with Gasteiger partial charge in [0.15, 0.2) is 0 Å². The fraction of sp³-hybridized carbons (Fsp3) is 0.462. The summed E-state index contributed by atoms with van der Waals surface area (Å²) in [5, 5.41) is 18.1. The van der Waals surface area contributed by atoms with Gasteiger partial charge in [-0.15, -0.1) is 0 Å². The highest BCUT2D eigenvalue weighted by molar-refractivity contribution is 5.70. The lowest BCUT2D eigenvalue weighted by Crippen LogP contribution is -2.01. The summed E-state index contributed by atoms with van der Waals surface area (Å²) in [5.41, 5.74) is 2.04.